The van der Waals surface area contributed by atoms with Crippen LogP contribution in [0.2, 0.25) is 0 Å². The van der Waals surface area contributed by atoms with Crippen molar-refractivity contribution in [1.82, 2.24) is 4.98 Å². The van der Waals surface area contributed by atoms with Crippen LogP contribution in [0.4, 0.5) is 10.2 Å². The van der Waals surface area contributed by atoms with Crippen LogP contribution in [0.5, 0.6) is 5.75 Å². The predicted octanol–water partition coefficient (Wildman–Crippen LogP) is 4.56. The van der Waals surface area contributed by atoms with E-state index < -0.39 is 11.9 Å². The molecule has 0 aliphatic rings. The van der Waals surface area contributed by atoms with Crippen LogP contribution in [0.1, 0.15) is 37.5 Å². The lowest BCUT2D eigenvalue weighted by Gasteiger charge is -2.21. The highest BCUT2D eigenvalue weighted by molar-refractivity contribution is 9.10. The van der Waals surface area contributed by atoms with Gasteiger partial charge in [0.05, 0.1) is 12.8 Å². The lowest BCUT2D eigenvalue weighted by molar-refractivity contribution is 0.219. The molecule has 1 heterocycles. The average molecular weight is 537 g/mol. The van der Waals surface area contributed by atoms with E-state index in [4.69, 9.17) is 33.4 Å². The van der Waals surface area contributed by atoms with Crippen LogP contribution in [0.25, 0.3) is 5.70 Å². The summed E-state index contributed by atoms with van der Waals surface area (Å²) in [4.78, 5) is 13.3. The van der Waals surface area contributed by atoms with E-state index in [9.17, 15) is 4.39 Å². The van der Waals surface area contributed by atoms with E-state index in [0.717, 1.165) is 0 Å². The van der Waals surface area contributed by atoms with E-state index in [1.54, 1.807) is 31.5 Å². The third-order valence-electron chi connectivity index (χ3n) is 4.51. The molecule has 1 atom stereocenters. The van der Waals surface area contributed by atoms with Crippen LogP contribution < -0.4 is 21.8 Å². The molecular weight excluding hydrogens is 511 g/mol. The van der Waals surface area contributed by atoms with Crippen molar-refractivity contribution in [2.24, 2.45) is 21.7 Å². The Kier molecular flexibility index (Phi) is 10.4. The summed E-state index contributed by atoms with van der Waals surface area (Å²) in [5.74, 6) is 5.82. The van der Waals surface area contributed by atoms with E-state index in [1.165, 1.54) is 24.6 Å². The molecule has 8 nitrogen and oxygen atoms in total. The first kappa shape index (κ1) is 26.4. The molecule has 11 heteroatoms. The van der Waals surface area contributed by atoms with Crippen molar-refractivity contribution < 1.29 is 14.0 Å². The maximum Gasteiger partial charge on any atom is 0.192 e. The average Bonchev–Trinajstić information content (AvgIpc) is 2.80. The van der Waals surface area contributed by atoms with Crippen molar-refractivity contribution >= 4 is 57.0 Å². The number of allylic oxidation sites excluding steroid dienone is 1. The van der Waals surface area contributed by atoms with Crippen molar-refractivity contribution in [3.8, 4) is 5.75 Å². The molecule has 1 aromatic heterocycles. The molecule has 2 aromatic rings. The number of aliphatic imine (C=N–C) groups is 1. The number of aromatic nitrogens is 1. The fraction of sp³-hybridized carbons (Fsp3) is 0.273. The van der Waals surface area contributed by atoms with Gasteiger partial charge in [0.2, 0.25) is 0 Å². The number of thiocarbonyl (C=S) groups is 1. The Bertz CT molecular complexity index is 1080. The number of nitrogens with two attached hydrogens (primary N) is 2. The first-order valence-corrected chi connectivity index (χ1v) is 11.2. The third-order valence-corrected chi connectivity index (χ3v) is 5.23. The molecule has 0 aliphatic heterocycles. The topological polar surface area (TPSA) is 120 Å². The molecule has 0 saturated heterocycles. The van der Waals surface area contributed by atoms with Gasteiger partial charge in [-0.15, -0.1) is 0 Å². The zero-order valence-electron chi connectivity index (χ0n) is 18.5. The Labute approximate surface area is 206 Å². The lowest BCUT2D eigenvalue weighted by Crippen LogP contribution is -2.14. The van der Waals surface area contributed by atoms with Crippen LogP contribution in [-0.4, -0.2) is 35.9 Å². The number of halogens is 2. The van der Waals surface area contributed by atoms with E-state index in [1.807, 2.05) is 6.92 Å². The van der Waals surface area contributed by atoms with Crippen LogP contribution >= 0.6 is 28.1 Å². The molecule has 33 heavy (non-hydrogen) atoms. The van der Waals surface area contributed by atoms with Gasteiger partial charge in [-0.2, -0.15) is 5.10 Å². The number of ether oxygens (including phenoxy) is 1. The van der Waals surface area contributed by atoms with E-state index in [-0.39, 0.29) is 6.42 Å². The highest BCUT2D eigenvalue weighted by Gasteiger charge is 2.19. The molecule has 0 amide bonds. The summed E-state index contributed by atoms with van der Waals surface area (Å²) in [7, 11) is 1.46. The molecule has 0 saturated carbocycles. The highest BCUT2D eigenvalue weighted by Crippen LogP contribution is 2.33. The molecule has 176 valence electrons. The number of hydrazone groups is 1. The highest BCUT2D eigenvalue weighted by atomic mass is 79.9. The second kappa shape index (κ2) is 13.0. The van der Waals surface area contributed by atoms with E-state index >= 15 is 0 Å². The van der Waals surface area contributed by atoms with Gasteiger partial charge in [-0.3, -0.25) is 9.83 Å². The number of benzene rings is 1. The van der Waals surface area contributed by atoms with Gasteiger partial charge in [0.25, 0.3) is 0 Å². The van der Waals surface area contributed by atoms with Gasteiger partial charge < -0.3 is 16.3 Å². The van der Waals surface area contributed by atoms with Crippen molar-refractivity contribution in [2.75, 3.05) is 19.1 Å². The standard InChI is InChI=1S/C22H26BrFN6O2S/c1-4-27-11-17(29-26)7-14(12-33)21(25)18-6-5-16(24)9-19(18)13(2)32-20-8-15(23)10-28-22(20)30-31-3/h5-6,8-13H,4,7,25-26H2,1-3H3,(H,28,30). The van der Waals surface area contributed by atoms with Gasteiger partial charge in [-0.25, -0.2) is 14.9 Å². The van der Waals surface area contributed by atoms with Crippen molar-refractivity contribution in [3.05, 3.63) is 57.5 Å². The number of hydrogen-bond donors (Lipinski definition) is 3. The van der Waals surface area contributed by atoms with Gasteiger partial charge in [0, 0.05) is 52.0 Å². The third kappa shape index (κ3) is 7.31. The molecule has 1 unspecified atom stereocenters. The Balaban J connectivity index is 2.48. The summed E-state index contributed by atoms with van der Waals surface area (Å²) in [5, 5.41) is 5.20. The minimum absolute atomic E-state index is 0.277. The first-order chi connectivity index (χ1) is 15.8. The number of rotatable bonds is 11. The zero-order valence-corrected chi connectivity index (χ0v) is 20.9. The van der Waals surface area contributed by atoms with Crippen molar-refractivity contribution in [1.29, 1.82) is 0 Å². The quantitative estimate of drug-likeness (QED) is 0.126. The summed E-state index contributed by atoms with van der Waals surface area (Å²) < 4.78 is 21.0. The number of nitrogens with one attached hydrogen (secondary N) is 1. The fourth-order valence-electron chi connectivity index (χ4n) is 2.94. The molecule has 0 spiro atoms. The van der Waals surface area contributed by atoms with Crippen LogP contribution in [0.15, 0.2) is 50.6 Å². The van der Waals surface area contributed by atoms with Crippen LogP contribution in [0.3, 0.4) is 0 Å². The normalized spacial score (nSPS) is 13.5. The van der Waals surface area contributed by atoms with Gasteiger partial charge in [0.15, 0.2) is 11.6 Å². The number of nitrogens with zero attached hydrogens (tertiary/aromatic N) is 3. The number of hydrogen-bond acceptors (Lipinski definition) is 9. The Morgan fingerprint density at radius 3 is 2.79 bits per heavy atom. The Hall–Kier alpha value is -2.89. The Morgan fingerprint density at radius 1 is 1.39 bits per heavy atom. The van der Waals surface area contributed by atoms with Gasteiger partial charge in [-0.1, -0.05) is 12.2 Å². The second-order valence-electron chi connectivity index (χ2n) is 6.78. The molecular formula is C22H26BrFN6O2S. The van der Waals surface area contributed by atoms with Gasteiger partial charge in [0.1, 0.15) is 11.9 Å². The minimum Gasteiger partial charge on any atom is -0.482 e. The van der Waals surface area contributed by atoms with E-state index in [0.29, 0.717) is 50.7 Å². The first-order valence-electron chi connectivity index (χ1n) is 9.95. The SMILES string of the molecule is CCN=CC(CC(C=S)=C(N)c1ccc(F)cc1C(C)Oc1cc(Br)cnc1NOC)=NN. The minimum atomic E-state index is -0.599. The summed E-state index contributed by atoms with van der Waals surface area (Å²) >= 11 is 8.56. The Morgan fingerprint density at radius 2 is 2.15 bits per heavy atom. The number of anilines is 1. The fourth-order valence-corrected chi connectivity index (χ4v) is 3.46. The predicted molar refractivity (Wildman–Crippen MR) is 138 cm³/mol. The van der Waals surface area contributed by atoms with Crippen molar-refractivity contribution in [2.45, 2.75) is 26.4 Å². The summed E-state index contributed by atoms with van der Waals surface area (Å²) in [6, 6.07) is 6.02. The summed E-state index contributed by atoms with van der Waals surface area (Å²) in [5.41, 5.74) is 11.7. The van der Waals surface area contributed by atoms with Crippen LogP contribution in [-0.2, 0) is 4.84 Å². The molecule has 0 fully saturated rings. The maximum atomic E-state index is 14.2. The monoisotopic (exact) mass is 536 g/mol. The lowest BCUT2D eigenvalue weighted by atomic mass is 9.96. The summed E-state index contributed by atoms with van der Waals surface area (Å²) in [6.45, 7) is 4.27. The molecule has 5 N–H and O–H groups in total. The smallest absolute Gasteiger partial charge is 0.192 e. The number of pyridine rings is 1. The van der Waals surface area contributed by atoms with Gasteiger partial charge >= 0.3 is 0 Å². The van der Waals surface area contributed by atoms with Crippen molar-refractivity contribution in [3.63, 3.8) is 0 Å². The zero-order chi connectivity index (χ0) is 24.4. The largest absolute Gasteiger partial charge is 0.482 e. The molecule has 0 radical (unpaired) electrons. The van der Waals surface area contributed by atoms with E-state index in [2.05, 4.69) is 36.5 Å². The molecule has 2 rings (SSSR count). The molecule has 1 aromatic carbocycles. The second-order valence-corrected chi connectivity index (χ2v) is 7.93. The molecule has 0 aliphatic carbocycles. The summed E-state index contributed by atoms with van der Waals surface area (Å²) in [6.07, 6.45) is 2.85. The van der Waals surface area contributed by atoms with Gasteiger partial charge in [-0.05, 0) is 59.6 Å². The van der Waals surface area contributed by atoms with Crippen LogP contribution in [0, 0.1) is 5.82 Å². The maximum absolute atomic E-state index is 14.2. The molecule has 0 bridgehead atoms.